The second-order valence-corrected chi connectivity index (χ2v) is 5.83. The summed E-state index contributed by atoms with van der Waals surface area (Å²) in [6.45, 7) is 5.80. The summed E-state index contributed by atoms with van der Waals surface area (Å²) in [5.41, 5.74) is 2.80. The quantitative estimate of drug-likeness (QED) is 0.790. The van der Waals surface area contributed by atoms with Crippen LogP contribution in [0.15, 0.2) is 24.3 Å². The average molecular weight is 235 g/mol. The Labute approximate surface area is 103 Å². The lowest BCUT2D eigenvalue weighted by molar-refractivity contribution is 0.225. The zero-order valence-corrected chi connectivity index (χ0v) is 11.1. The number of rotatable bonds is 3. The predicted octanol–water partition coefficient (Wildman–Crippen LogP) is 3.32. The van der Waals surface area contributed by atoms with E-state index >= 15 is 0 Å². The molecule has 88 valence electrons. The molecule has 0 aliphatic carbocycles. The normalized spacial score (nSPS) is 18.9. The minimum atomic E-state index is 0.897. The van der Waals surface area contributed by atoms with Crippen molar-refractivity contribution in [3.05, 3.63) is 35.4 Å². The van der Waals surface area contributed by atoms with Crippen LogP contribution in [0.2, 0.25) is 0 Å². The summed E-state index contributed by atoms with van der Waals surface area (Å²) >= 11 is 2.03. The van der Waals surface area contributed by atoms with Crippen molar-refractivity contribution in [1.82, 2.24) is 4.90 Å². The Balaban J connectivity index is 1.84. The number of hydrogen-bond acceptors (Lipinski definition) is 2. The molecule has 1 heterocycles. The number of thioether (sulfide) groups is 1. The highest BCUT2D eigenvalue weighted by molar-refractivity contribution is 7.99. The fraction of sp³-hybridized carbons (Fsp3) is 0.571. The van der Waals surface area contributed by atoms with E-state index in [-0.39, 0.29) is 0 Å². The first-order valence-electron chi connectivity index (χ1n) is 6.08. The lowest BCUT2D eigenvalue weighted by Gasteiger charge is -2.31. The van der Waals surface area contributed by atoms with E-state index in [1.54, 1.807) is 0 Å². The summed E-state index contributed by atoms with van der Waals surface area (Å²) in [6, 6.07) is 8.94. The van der Waals surface area contributed by atoms with Gasteiger partial charge in [0.25, 0.3) is 0 Å². The zero-order chi connectivity index (χ0) is 11.4. The average Bonchev–Trinajstić information content (AvgIpc) is 2.33. The maximum atomic E-state index is 2.58. The fourth-order valence-electron chi connectivity index (χ4n) is 2.25. The van der Waals surface area contributed by atoms with Crippen molar-refractivity contribution in [2.24, 2.45) is 0 Å². The van der Waals surface area contributed by atoms with Gasteiger partial charge in [0.05, 0.1) is 0 Å². The van der Waals surface area contributed by atoms with Gasteiger partial charge in [0, 0.05) is 11.8 Å². The van der Waals surface area contributed by atoms with Crippen molar-refractivity contribution >= 4 is 11.8 Å². The third-order valence-corrected chi connectivity index (χ3v) is 4.53. The molecule has 1 aromatic carbocycles. The van der Waals surface area contributed by atoms with Gasteiger partial charge in [-0.2, -0.15) is 11.8 Å². The van der Waals surface area contributed by atoms with Gasteiger partial charge in [0.1, 0.15) is 0 Å². The molecular weight excluding hydrogens is 214 g/mol. The van der Waals surface area contributed by atoms with Crippen molar-refractivity contribution in [2.75, 3.05) is 19.3 Å². The van der Waals surface area contributed by atoms with Crippen LogP contribution in [0, 0.1) is 6.92 Å². The first-order valence-corrected chi connectivity index (χ1v) is 7.37. The molecule has 0 spiro atoms. The Morgan fingerprint density at radius 2 is 1.81 bits per heavy atom. The molecular formula is C14H21NS. The largest absolute Gasteiger partial charge is 0.299 e. The molecule has 2 heteroatoms. The van der Waals surface area contributed by atoms with Gasteiger partial charge in [0.15, 0.2) is 0 Å². The lowest BCUT2D eigenvalue weighted by atomic mass is 10.1. The minimum absolute atomic E-state index is 0.897. The van der Waals surface area contributed by atoms with Crippen LogP contribution < -0.4 is 0 Å². The van der Waals surface area contributed by atoms with Crippen molar-refractivity contribution < 1.29 is 0 Å². The number of benzene rings is 1. The molecule has 1 fully saturated rings. The Kier molecular flexibility index (Phi) is 4.30. The van der Waals surface area contributed by atoms with Crippen LogP contribution in [0.4, 0.5) is 0 Å². The van der Waals surface area contributed by atoms with E-state index < -0.39 is 0 Å². The van der Waals surface area contributed by atoms with E-state index in [2.05, 4.69) is 42.3 Å². The van der Waals surface area contributed by atoms with Crippen molar-refractivity contribution in [3.8, 4) is 0 Å². The summed E-state index contributed by atoms with van der Waals surface area (Å²) in [5.74, 6) is 0. The molecule has 0 amide bonds. The Bertz CT molecular complexity index is 312. The molecule has 0 N–H and O–H groups in total. The van der Waals surface area contributed by atoms with Crippen LogP contribution >= 0.6 is 11.8 Å². The van der Waals surface area contributed by atoms with Gasteiger partial charge < -0.3 is 0 Å². The van der Waals surface area contributed by atoms with Gasteiger partial charge in [-0.25, -0.2) is 0 Å². The molecule has 0 aromatic heterocycles. The Morgan fingerprint density at radius 1 is 1.19 bits per heavy atom. The maximum Gasteiger partial charge on any atom is 0.0233 e. The molecule has 2 rings (SSSR count). The third-order valence-electron chi connectivity index (χ3n) is 3.39. The van der Waals surface area contributed by atoms with E-state index in [0.717, 1.165) is 11.8 Å². The summed E-state index contributed by atoms with van der Waals surface area (Å²) in [6.07, 6.45) is 4.94. The molecule has 1 saturated heterocycles. The molecule has 1 aromatic rings. The van der Waals surface area contributed by atoms with Crippen molar-refractivity contribution in [3.63, 3.8) is 0 Å². The van der Waals surface area contributed by atoms with E-state index in [1.807, 2.05) is 11.8 Å². The highest BCUT2D eigenvalue weighted by Gasteiger charge is 2.17. The van der Waals surface area contributed by atoms with Crippen LogP contribution in [-0.4, -0.2) is 29.5 Å². The first-order chi connectivity index (χ1) is 7.78. The van der Waals surface area contributed by atoms with Gasteiger partial charge >= 0.3 is 0 Å². The molecule has 0 saturated carbocycles. The Hall–Kier alpha value is -0.470. The number of piperidine rings is 1. The van der Waals surface area contributed by atoms with Crippen molar-refractivity contribution in [2.45, 2.75) is 31.6 Å². The first kappa shape index (κ1) is 12.0. The molecule has 1 aliphatic heterocycles. The van der Waals surface area contributed by atoms with Gasteiger partial charge in [-0.1, -0.05) is 29.8 Å². The highest BCUT2D eigenvalue weighted by Crippen LogP contribution is 2.22. The summed E-state index contributed by atoms with van der Waals surface area (Å²) in [7, 11) is 0. The molecule has 1 aliphatic rings. The van der Waals surface area contributed by atoms with Crippen LogP contribution in [0.5, 0.6) is 0 Å². The molecule has 0 radical (unpaired) electrons. The van der Waals surface area contributed by atoms with E-state index in [4.69, 9.17) is 0 Å². The van der Waals surface area contributed by atoms with E-state index in [9.17, 15) is 0 Å². The van der Waals surface area contributed by atoms with Crippen LogP contribution in [0.3, 0.4) is 0 Å². The molecule has 1 nitrogen and oxygen atoms in total. The number of hydrogen-bond donors (Lipinski definition) is 0. The lowest BCUT2D eigenvalue weighted by Crippen LogP contribution is -2.34. The Morgan fingerprint density at radius 3 is 2.38 bits per heavy atom. The van der Waals surface area contributed by atoms with Gasteiger partial charge in [-0.15, -0.1) is 0 Å². The smallest absolute Gasteiger partial charge is 0.0233 e. The number of nitrogens with zero attached hydrogens (tertiary/aromatic N) is 1. The molecule has 0 unspecified atom stereocenters. The monoisotopic (exact) mass is 235 g/mol. The maximum absolute atomic E-state index is 2.58. The SMILES string of the molecule is CSC1CCN(Cc2ccc(C)cc2)CC1. The second-order valence-electron chi connectivity index (χ2n) is 4.70. The fourth-order valence-corrected chi connectivity index (χ4v) is 2.94. The summed E-state index contributed by atoms with van der Waals surface area (Å²) < 4.78 is 0. The third kappa shape index (κ3) is 3.26. The molecule has 0 atom stereocenters. The van der Waals surface area contributed by atoms with E-state index in [1.165, 1.54) is 37.1 Å². The summed E-state index contributed by atoms with van der Waals surface area (Å²) in [4.78, 5) is 2.58. The molecule has 16 heavy (non-hydrogen) atoms. The van der Waals surface area contributed by atoms with Gasteiger partial charge in [0.2, 0.25) is 0 Å². The number of aryl methyl sites for hydroxylation is 1. The van der Waals surface area contributed by atoms with Crippen LogP contribution in [-0.2, 0) is 6.54 Å². The van der Waals surface area contributed by atoms with Crippen LogP contribution in [0.25, 0.3) is 0 Å². The minimum Gasteiger partial charge on any atom is -0.299 e. The topological polar surface area (TPSA) is 3.24 Å². The van der Waals surface area contributed by atoms with E-state index in [0.29, 0.717) is 0 Å². The van der Waals surface area contributed by atoms with Gasteiger partial charge in [-0.05, 0) is 44.7 Å². The zero-order valence-electron chi connectivity index (χ0n) is 10.3. The van der Waals surface area contributed by atoms with Crippen molar-refractivity contribution in [1.29, 1.82) is 0 Å². The van der Waals surface area contributed by atoms with Gasteiger partial charge in [-0.3, -0.25) is 4.90 Å². The summed E-state index contributed by atoms with van der Waals surface area (Å²) in [5, 5.41) is 0.897. The predicted molar refractivity (Wildman–Crippen MR) is 73.0 cm³/mol. The molecule has 0 bridgehead atoms. The van der Waals surface area contributed by atoms with Crippen LogP contribution in [0.1, 0.15) is 24.0 Å². The highest BCUT2D eigenvalue weighted by atomic mass is 32.2. The standard InChI is InChI=1S/C14H21NS/c1-12-3-5-13(6-4-12)11-15-9-7-14(16-2)8-10-15/h3-6,14H,7-11H2,1-2H3. The second kappa shape index (κ2) is 5.74. The number of likely N-dealkylation sites (tertiary alicyclic amines) is 1.